The normalized spacial score (nSPS) is 16.1. The zero-order valence-corrected chi connectivity index (χ0v) is 12.9. The van der Waals surface area contributed by atoms with Crippen LogP contribution in [0.25, 0.3) is 0 Å². The Morgan fingerprint density at radius 2 is 2.00 bits per heavy atom. The van der Waals surface area contributed by atoms with Crippen LogP contribution in [0.15, 0.2) is 41.4 Å². The number of halogens is 2. The van der Waals surface area contributed by atoms with Gasteiger partial charge in [0.05, 0.1) is 10.6 Å². The molecule has 0 fully saturated rings. The number of nitro groups is 1. The summed E-state index contributed by atoms with van der Waals surface area (Å²) >= 11 is 11.7. The molecule has 2 aromatic carbocycles. The van der Waals surface area contributed by atoms with Crippen LogP contribution in [-0.4, -0.2) is 17.1 Å². The zero-order valence-electron chi connectivity index (χ0n) is 11.4. The van der Waals surface area contributed by atoms with E-state index < -0.39 is 11.0 Å². The average molecular weight is 351 g/mol. The molecule has 1 atom stereocenters. The molecule has 0 aliphatic carbocycles. The SMILES string of the molecule is O=CC1OC(c2ccc(Cl)c([N+](=O)[O-])c2)=Nc2cc(Cl)ccc21. The molecule has 3 rings (SSSR count). The van der Waals surface area contributed by atoms with E-state index in [0.717, 1.165) is 0 Å². The molecule has 1 unspecified atom stereocenters. The lowest BCUT2D eigenvalue weighted by Crippen LogP contribution is -2.18. The van der Waals surface area contributed by atoms with E-state index in [1.54, 1.807) is 18.2 Å². The van der Waals surface area contributed by atoms with E-state index in [0.29, 0.717) is 28.1 Å². The van der Waals surface area contributed by atoms with Gasteiger partial charge in [-0.05, 0) is 24.3 Å². The second kappa shape index (κ2) is 5.98. The van der Waals surface area contributed by atoms with Crippen molar-refractivity contribution >= 4 is 46.8 Å². The van der Waals surface area contributed by atoms with Gasteiger partial charge < -0.3 is 4.74 Å². The van der Waals surface area contributed by atoms with E-state index in [2.05, 4.69) is 4.99 Å². The first-order valence-corrected chi connectivity index (χ1v) is 7.19. The largest absolute Gasteiger partial charge is 0.461 e. The number of benzene rings is 2. The molecular formula is C15H8Cl2N2O4. The second-order valence-corrected chi connectivity index (χ2v) is 5.56. The molecule has 0 aromatic heterocycles. The van der Waals surface area contributed by atoms with Crippen molar-refractivity contribution in [3.8, 4) is 0 Å². The fraction of sp³-hybridized carbons (Fsp3) is 0.0667. The molecular weight excluding hydrogens is 343 g/mol. The van der Waals surface area contributed by atoms with Gasteiger partial charge in [0.2, 0.25) is 5.90 Å². The van der Waals surface area contributed by atoms with E-state index in [1.807, 2.05) is 0 Å². The highest BCUT2D eigenvalue weighted by Gasteiger charge is 2.26. The summed E-state index contributed by atoms with van der Waals surface area (Å²) in [6.45, 7) is 0. The average Bonchev–Trinajstić information content (AvgIpc) is 2.53. The van der Waals surface area contributed by atoms with Crippen LogP contribution in [0.1, 0.15) is 17.2 Å². The summed E-state index contributed by atoms with van der Waals surface area (Å²) in [6.07, 6.45) is -0.226. The van der Waals surface area contributed by atoms with Gasteiger partial charge >= 0.3 is 0 Å². The molecule has 1 heterocycles. The van der Waals surface area contributed by atoms with Crippen LogP contribution in [-0.2, 0) is 9.53 Å². The summed E-state index contributed by atoms with van der Waals surface area (Å²) in [5.41, 5.74) is 1.14. The fourth-order valence-electron chi connectivity index (χ4n) is 2.19. The number of nitrogens with zero attached hydrogens (tertiary/aromatic N) is 2. The zero-order chi connectivity index (χ0) is 16.6. The van der Waals surface area contributed by atoms with Crippen molar-refractivity contribution in [3.63, 3.8) is 0 Å². The maximum absolute atomic E-state index is 11.3. The van der Waals surface area contributed by atoms with Gasteiger partial charge in [0, 0.05) is 22.2 Å². The number of carbonyl (C=O) groups excluding carboxylic acids is 1. The maximum Gasteiger partial charge on any atom is 0.288 e. The number of rotatable bonds is 3. The van der Waals surface area contributed by atoms with Gasteiger partial charge in [0.15, 0.2) is 12.4 Å². The van der Waals surface area contributed by atoms with Gasteiger partial charge in [0.25, 0.3) is 5.69 Å². The minimum Gasteiger partial charge on any atom is -0.461 e. The molecule has 0 N–H and O–H groups in total. The maximum atomic E-state index is 11.3. The van der Waals surface area contributed by atoms with E-state index in [1.165, 1.54) is 18.2 Å². The Morgan fingerprint density at radius 1 is 1.22 bits per heavy atom. The summed E-state index contributed by atoms with van der Waals surface area (Å²) in [5, 5.41) is 11.5. The monoisotopic (exact) mass is 350 g/mol. The van der Waals surface area contributed by atoms with Crippen molar-refractivity contribution in [2.75, 3.05) is 0 Å². The van der Waals surface area contributed by atoms with Gasteiger partial charge in [0.1, 0.15) is 5.02 Å². The number of aliphatic imine (C=N–C) groups is 1. The van der Waals surface area contributed by atoms with Gasteiger partial charge in [-0.25, -0.2) is 4.99 Å². The van der Waals surface area contributed by atoms with Crippen LogP contribution < -0.4 is 0 Å². The summed E-state index contributed by atoms with van der Waals surface area (Å²) in [7, 11) is 0. The van der Waals surface area contributed by atoms with Crippen molar-refractivity contribution in [1.82, 2.24) is 0 Å². The molecule has 1 aliphatic heterocycles. The third-order valence-corrected chi connectivity index (χ3v) is 3.83. The quantitative estimate of drug-likeness (QED) is 0.470. The van der Waals surface area contributed by atoms with Crippen LogP contribution in [0.2, 0.25) is 10.0 Å². The van der Waals surface area contributed by atoms with Crippen molar-refractivity contribution in [2.45, 2.75) is 6.10 Å². The lowest BCUT2D eigenvalue weighted by molar-refractivity contribution is -0.384. The van der Waals surface area contributed by atoms with Gasteiger partial charge in [-0.1, -0.05) is 29.3 Å². The van der Waals surface area contributed by atoms with Crippen LogP contribution in [0.5, 0.6) is 0 Å². The molecule has 6 nitrogen and oxygen atoms in total. The second-order valence-electron chi connectivity index (χ2n) is 4.72. The number of carbonyl (C=O) groups is 1. The number of ether oxygens (including phenoxy) is 1. The minimum atomic E-state index is -0.857. The topological polar surface area (TPSA) is 81.8 Å². The summed E-state index contributed by atoms with van der Waals surface area (Å²) in [5.74, 6) is 0.0941. The molecule has 0 saturated heterocycles. The Balaban J connectivity index is 2.12. The lowest BCUT2D eigenvalue weighted by atomic mass is 10.1. The number of aldehydes is 1. The Morgan fingerprint density at radius 3 is 2.70 bits per heavy atom. The van der Waals surface area contributed by atoms with Crippen molar-refractivity contribution in [1.29, 1.82) is 0 Å². The van der Waals surface area contributed by atoms with Gasteiger partial charge in [-0.15, -0.1) is 0 Å². The van der Waals surface area contributed by atoms with E-state index in [-0.39, 0.29) is 16.6 Å². The summed E-state index contributed by atoms with van der Waals surface area (Å²) in [4.78, 5) is 25.9. The summed E-state index contributed by atoms with van der Waals surface area (Å²) < 4.78 is 5.54. The standard InChI is InChI=1S/C15H8Cl2N2O4/c16-9-2-3-10-12(6-9)18-15(23-14(10)7-20)8-1-4-11(17)13(5-8)19(21)22/h1-7,14H. The Labute approximate surface area is 140 Å². The molecule has 0 spiro atoms. The van der Waals surface area contributed by atoms with E-state index in [9.17, 15) is 14.9 Å². The first-order chi connectivity index (χ1) is 11.0. The Bertz CT molecular complexity index is 851. The highest BCUT2D eigenvalue weighted by molar-refractivity contribution is 6.32. The predicted molar refractivity (Wildman–Crippen MR) is 85.6 cm³/mol. The first kappa shape index (κ1) is 15.5. The number of hydrogen-bond acceptors (Lipinski definition) is 5. The van der Waals surface area contributed by atoms with Crippen LogP contribution in [0.4, 0.5) is 11.4 Å². The van der Waals surface area contributed by atoms with E-state index in [4.69, 9.17) is 27.9 Å². The highest BCUT2D eigenvalue weighted by atomic mass is 35.5. The first-order valence-electron chi connectivity index (χ1n) is 6.44. The van der Waals surface area contributed by atoms with Crippen molar-refractivity contribution in [3.05, 3.63) is 67.7 Å². The molecule has 8 heteroatoms. The van der Waals surface area contributed by atoms with Gasteiger partial charge in [-0.3, -0.25) is 14.9 Å². The Hall–Kier alpha value is -2.44. The Kier molecular flexibility index (Phi) is 4.02. The molecule has 1 aliphatic rings. The smallest absolute Gasteiger partial charge is 0.288 e. The van der Waals surface area contributed by atoms with Crippen LogP contribution in [0.3, 0.4) is 0 Å². The number of fused-ring (bicyclic) bond motifs is 1. The lowest BCUT2D eigenvalue weighted by Gasteiger charge is -2.22. The predicted octanol–water partition coefficient (Wildman–Crippen LogP) is 4.25. The fourth-order valence-corrected chi connectivity index (χ4v) is 2.55. The molecule has 0 amide bonds. The minimum absolute atomic E-state index is 0.00513. The van der Waals surface area contributed by atoms with E-state index >= 15 is 0 Å². The third-order valence-electron chi connectivity index (χ3n) is 3.27. The number of nitro benzene ring substituents is 1. The van der Waals surface area contributed by atoms with Crippen molar-refractivity contribution < 1.29 is 14.5 Å². The number of hydrogen-bond donors (Lipinski definition) is 0. The van der Waals surface area contributed by atoms with Crippen molar-refractivity contribution in [2.24, 2.45) is 4.99 Å². The molecule has 0 bridgehead atoms. The molecule has 116 valence electrons. The summed E-state index contributed by atoms with van der Waals surface area (Å²) in [6, 6.07) is 9.05. The highest BCUT2D eigenvalue weighted by Crippen LogP contribution is 2.36. The molecule has 0 saturated carbocycles. The van der Waals surface area contributed by atoms with Crippen LogP contribution in [0, 0.1) is 10.1 Å². The molecule has 23 heavy (non-hydrogen) atoms. The third kappa shape index (κ3) is 2.91. The van der Waals surface area contributed by atoms with Crippen LogP contribution >= 0.6 is 23.2 Å². The molecule has 0 radical (unpaired) electrons. The molecule has 2 aromatic rings. The van der Waals surface area contributed by atoms with Gasteiger partial charge in [-0.2, -0.15) is 0 Å².